The number of sulfonamides is 1. The molecule has 1 aromatic carbocycles. The van der Waals surface area contributed by atoms with Gasteiger partial charge in [-0.25, -0.2) is 13.6 Å². The Hall–Kier alpha value is -0.560. The predicted octanol–water partition coefficient (Wildman–Crippen LogP) is 1.10. The molecular formula is C8H8ClNO3S2. The SMILES string of the molecule is NS(=O)(=O)c1cc(C(=O)CS)ccc1Cl. The van der Waals surface area contributed by atoms with Gasteiger partial charge in [0.2, 0.25) is 10.0 Å². The second-order valence-corrected chi connectivity index (χ2v) is 5.02. The van der Waals surface area contributed by atoms with Crippen molar-refractivity contribution in [1.82, 2.24) is 0 Å². The molecule has 0 saturated heterocycles. The number of nitrogens with two attached hydrogens (primary N) is 1. The van der Waals surface area contributed by atoms with Crippen LogP contribution in [0.3, 0.4) is 0 Å². The van der Waals surface area contributed by atoms with E-state index in [0.717, 1.165) is 6.07 Å². The first-order valence-corrected chi connectivity index (χ1v) is 6.38. The Bertz CT molecular complexity index is 499. The molecule has 0 aliphatic heterocycles. The van der Waals surface area contributed by atoms with E-state index < -0.39 is 10.0 Å². The zero-order valence-electron chi connectivity index (χ0n) is 7.47. The molecule has 0 amide bonds. The molecule has 0 unspecified atom stereocenters. The Kier molecular flexibility index (Phi) is 3.77. The third-order valence-electron chi connectivity index (χ3n) is 1.70. The average molecular weight is 266 g/mol. The van der Waals surface area contributed by atoms with Gasteiger partial charge in [0.05, 0.1) is 10.8 Å². The van der Waals surface area contributed by atoms with Crippen LogP contribution in [-0.4, -0.2) is 20.0 Å². The van der Waals surface area contributed by atoms with Gasteiger partial charge in [-0.2, -0.15) is 12.6 Å². The van der Waals surface area contributed by atoms with Crippen LogP contribution in [0.25, 0.3) is 0 Å². The summed E-state index contributed by atoms with van der Waals surface area (Å²) in [6.45, 7) is 0. The molecule has 0 aliphatic carbocycles. The number of halogens is 1. The van der Waals surface area contributed by atoms with E-state index in [1.165, 1.54) is 12.1 Å². The molecule has 0 bridgehead atoms. The van der Waals surface area contributed by atoms with Crippen molar-refractivity contribution in [3.8, 4) is 0 Å². The number of hydrogen-bond acceptors (Lipinski definition) is 4. The van der Waals surface area contributed by atoms with Gasteiger partial charge in [0.1, 0.15) is 4.90 Å². The zero-order valence-corrected chi connectivity index (χ0v) is 9.94. The quantitative estimate of drug-likeness (QED) is 0.635. The van der Waals surface area contributed by atoms with Gasteiger partial charge in [-0.1, -0.05) is 11.6 Å². The van der Waals surface area contributed by atoms with E-state index >= 15 is 0 Å². The number of primary sulfonamides is 1. The molecule has 4 nitrogen and oxygen atoms in total. The predicted molar refractivity (Wildman–Crippen MR) is 61.0 cm³/mol. The molecule has 0 saturated carbocycles. The normalized spacial score (nSPS) is 11.4. The van der Waals surface area contributed by atoms with Crippen molar-refractivity contribution in [1.29, 1.82) is 0 Å². The molecule has 0 heterocycles. The summed E-state index contributed by atoms with van der Waals surface area (Å²) in [6, 6.07) is 3.89. The maximum Gasteiger partial charge on any atom is 0.239 e. The van der Waals surface area contributed by atoms with Crippen molar-refractivity contribution in [2.75, 3.05) is 5.75 Å². The number of rotatable bonds is 3. The smallest absolute Gasteiger partial charge is 0.239 e. The monoisotopic (exact) mass is 265 g/mol. The number of Topliss-reactive ketones (excluding diaryl/α,β-unsaturated/α-hetero) is 1. The van der Waals surface area contributed by atoms with Crippen LogP contribution in [0.2, 0.25) is 5.02 Å². The minimum atomic E-state index is -3.91. The fraction of sp³-hybridized carbons (Fsp3) is 0.125. The van der Waals surface area contributed by atoms with Crippen molar-refractivity contribution in [2.24, 2.45) is 5.14 Å². The molecule has 0 atom stereocenters. The maximum atomic E-state index is 11.2. The van der Waals surface area contributed by atoms with Gasteiger partial charge in [0, 0.05) is 5.56 Å². The van der Waals surface area contributed by atoms with Gasteiger partial charge in [0.25, 0.3) is 0 Å². The van der Waals surface area contributed by atoms with Crippen LogP contribution in [0.4, 0.5) is 0 Å². The van der Waals surface area contributed by atoms with Crippen molar-refractivity contribution in [3.05, 3.63) is 28.8 Å². The van der Waals surface area contributed by atoms with Crippen LogP contribution >= 0.6 is 24.2 Å². The Morgan fingerprint density at radius 2 is 2.07 bits per heavy atom. The first-order valence-electron chi connectivity index (χ1n) is 3.82. The largest absolute Gasteiger partial charge is 0.293 e. The second kappa shape index (κ2) is 4.52. The van der Waals surface area contributed by atoms with Crippen LogP contribution in [0.15, 0.2) is 23.1 Å². The summed E-state index contributed by atoms with van der Waals surface area (Å²) in [5.74, 6) is -0.300. The number of ketones is 1. The summed E-state index contributed by atoms with van der Waals surface area (Å²) >= 11 is 9.44. The lowest BCUT2D eigenvalue weighted by Gasteiger charge is -2.03. The number of carbonyl (C=O) groups excluding carboxylic acids is 1. The Labute approximate surface area is 97.9 Å². The molecule has 7 heteroatoms. The highest BCUT2D eigenvalue weighted by molar-refractivity contribution is 7.89. The molecule has 82 valence electrons. The first-order chi connectivity index (χ1) is 6.86. The van der Waals surface area contributed by atoms with Gasteiger partial charge in [-0.05, 0) is 18.2 Å². The van der Waals surface area contributed by atoms with Crippen LogP contribution in [0.1, 0.15) is 10.4 Å². The maximum absolute atomic E-state index is 11.2. The zero-order chi connectivity index (χ0) is 11.6. The molecule has 1 aromatic rings. The summed E-state index contributed by atoms with van der Waals surface area (Å²) in [6.07, 6.45) is 0. The van der Waals surface area contributed by atoms with E-state index in [4.69, 9.17) is 16.7 Å². The van der Waals surface area contributed by atoms with Gasteiger partial charge >= 0.3 is 0 Å². The Morgan fingerprint density at radius 3 is 2.53 bits per heavy atom. The van der Waals surface area contributed by atoms with E-state index in [2.05, 4.69) is 12.6 Å². The highest BCUT2D eigenvalue weighted by Gasteiger charge is 2.15. The van der Waals surface area contributed by atoms with E-state index in [0.29, 0.717) is 0 Å². The molecule has 0 aliphatic rings. The lowest BCUT2D eigenvalue weighted by molar-refractivity contribution is 0.102. The summed E-state index contributed by atoms with van der Waals surface area (Å²) in [5.41, 5.74) is 0.221. The van der Waals surface area contributed by atoms with Crippen molar-refractivity contribution in [2.45, 2.75) is 4.90 Å². The van der Waals surface area contributed by atoms with Gasteiger partial charge in [0.15, 0.2) is 5.78 Å². The molecule has 2 N–H and O–H groups in total. The summed E-state index contributed by atoms with van der Waals surface area (Å²) < 4.78 is 22.2. The molecule has 0 aromatic heterocycles. The third kappa shape index (κ3) is 2.94. The summed E-state index contributed by atoms with van der Waals surface area (Å²) in [5, 5.41) is 4.92. The minimum Gasteiger partial charge on any atom is -0.293 e. The van der Waals surface area contributed by atoms with E-state index in [9.17, 15) is 13.2 Å². The fourth-order valence-electron chi connectivity index (χ4n) is 0.986. The third-order valence-corrected chi connectivity index (χ3v) is 3.38. The van der Waals surface area contributed by atoms with Crippen LogP contribution in [-0.2, 0) is 10.0 Å². The highest BCUT2D eigenvalue weighted by atomic mass is 35.5. The van der Waals surface area contributed by atoms with Crippen molar-refractivity contribution < 1.29 is 13.2 Å². The lowest BCUT2D eigenvalue weighted by atomic mass is 10.1. The van der Waals surface area contributed by atoms with Crippen molar-refractivity contribution in [3.63, 3.8) is 0 Å². The second-order valence-electron chi connectivity index (χ2n) is 2.77. The van der Waals surface area contributed by atoms with Gasteiger partial charge < -0.3 is 0 Å². The Balaban J connectivity index is 3.36. The topological polar surface area (TPSA) is 77.2 Å². The summed E-state index contributed by atoms with van der Waals surface area (Å²) in [7, 11) is -3.91. The molecular weight excluding hydrogens is 258 g/mol. The van der Waals surface area contributed by atoms with E-state index in [1.807, 2.05) is 0 Å². The van der Waals surface area contributed by atoms with E-state index in [-0.39, 0.29) is 27.0 Å². The number of carbonyl (C=O) groups is 1. The van der Waals surface area contributed by atoms with Crippen LogP contribution in [0.5, 0.6) is 0 Å². The number of hydrogen-bond donors (Lipinski definition) is 2. The average Bonchev–Trinajstić information content (AvgIpc) is 2.15. The van der Waals surface area contributed by atoms with Crippen LogP contribution in [0, 0.1) is 0 Å². The number of thiol groups is 1. The minimum absolute atomic E-state index is 0.00628. The highest BCUT2D eigenvalue weighted by Crippen LogP contribution is 2.21. The summed E-state index contributed by atoms with van der Waals surface area (Å²) in [4.78, 5) is 11.0. The van der Waals surface area contributed by atoms with Crippen LogP contribution < -0.4 is 5.14 Å². The molecule has 15 heavy (non-hydrogen) atoms. The molecule has 1 rings (SSSR count). The fourth-order valence-corrected chi connectivity index (χ4v) is 2.24. The Morgan fingerprint density at radius 1 is 1.47 bits per heavy atom. The number of benzene rings is 1. The van der Waals surface area contributed by atoms with Gasteiger partial charge in [-0.15, -0.1) is 0 Å². The lowest BCUT2D eigenvalue weighted by Crippen LogP contribution is -2.14. The standard InChI is InChI=1S/C8H8ClNO3S2/c9-6-2-1-5(7(11)4-14)3-8(6)15(10,12)13/h1-3,14H,4H2,(H2,10,12,13). The molecule has 0 fully saturated rings. The van der Waals surface area contributed by atoms with Gasteiger partial charge in [-0.3, -0.25) is 4.79 Å². The van der Waals surface area contributed by atoms with E-state index in [1.54, 1.807) is 0 Å². The van der Waals surface area contributed by atoms with Crippen molar-refractivity contribution >= 4 is 40.0 Å². The first kappa shape index (κ1) is 12.5. The molecule has 0 radical (unpaired) electrons. The molecule has 0 spiro atoms.